The largest absolute Gasteiger partial charge is 0.339 e. The van der Waals surface area contributed by atoms with Gasteiger partial charge in [0.1, 0.15) is 16.2 Å². The topological polar surface area (TPSA) is 88.4 Å². The van der Waals surface area contributed by atoms with Crippen LogP contribution in [0.2, 0.25) is 0 Å². The molecule has 8 nitrogen and oxygen atoms in total. The lowest BCUT2D eigenvalue weighted by atomic mass is 10.1. The molecule has 0 aliphatic carbocycles. The Labute approximate surface area is 176 Å². The van der Waals surface area contributed by atoms with Crippen LogP contribution in [0, 0.1) is 0 Å². The van der Waals surface area contributed by atoms with Crippen molar-refractivity contribution >= 4 is 27.5 Å². The summed E-state index contributed by atoms with van der Waals surface area (Å²) in [4.78, 5) is 16.6. The number of nitrogens with zero attached hydrogens (tertiary/aromatic N) is 5. The number of aryl methyl sites for hydroxylation is 1. The van der Waals surface area contributed by atoms with Gasteiger partial charge in [-0.1, -0.05) is 36.9 Å². The lowest BCUT2D eigenvalue weighted by Gasteiger charge is -2.34. The van der Waals surface area contributed by atoms with Gasteiger partial charge in [-0.05, 0) is 18.1 Å². The molecule has 1 saturated heterocycles. The third kappa shape index (κ3) is 6.03. The Morgan fingerprint density at radius 2 is 1.90 bits per heavy atom. The number of rotatable bonds is 8. The second-order valence-corrected chi connectivity index (χ2v) is 10.3. The zero-order valence-corrected chi connectivity index (χ0v) is 18.5. The van der Waals surface area contributed by atoms with Crippen molar-refractivity contribution in [3.63, 3.8) is 0 Å². The Morgan fingerprint density at radius 3 is 2.59 bits per heavy atom. The van der Waals surface area contributed by atoms with Crippen LogP contribution in [0.3, 0.4) is 0 Å². The summed E-state index contributed by atoms with van der Waals surface area (Å²) >= 11 is 1.39. The Balaban J connectivity index is 1.53. The summed E-state index contributed by atoms with van der Waals surface area (Å²) in [5.41, 5.74) is 2.24. The molecule has 0 saturated carbocycles. The van der Waals surface area contributed by atoms with E-state index in [-0.39, 0.29) is 11.7 Å². The van der Waals surface area contributed by atoms with Gasteiger partial charge in [0, 0.05) is 39.0 Å². The van der Waals surface area contributed by atoms with Gasteiger partial charge < -0.3 is 4.90 Å². The minimum absolute atomic E-state index is 0.0658. The average molecular weight is 438 g/mol. The van der Waals surface area contributed by atoms with Gasteiger partial charge in [-0.3, -0.25) is 14.3 Å². The van der Waals surface area contributed by atoms with Crippen LogP contribution in [0.5, 0.6) is 0 Å². The highest BCUT2D eigenvalue weighted by atomic mass is 32.2. The zero-order valence-electron chi connectivity index (χ0n) is 16.8. The minimum Gasteiger partial charge on any atom is -0.339 e. The Morgan fingerprint density at radius 1 is 1.17 bits per heavy atom. The van der Waals surface area contributed by atoms with Crippen LogP contribution in [0.4, 0.5) is 0 Å². The van der Waals surface area contributed by atoms with E-state index in [0.29, 0.717) is 43.6 Å². The first-order valence-corrected chi connectivity index (χ1v) is 12.7. The summed E-state index contributed by atoms with van der Waals surface area (Å²) in [6.07, 6.45) is 3.84. The first-order valence-electron chi connectivity index (χ1n) is 9.66. The summed E-state index contributed by atoms with van der Waals surface area (Å²) in [5, 5.41) is 8.91. The van der Waals surface area contributed by atoms with Gasteiger partial charge in [-0.2, -0.15) is 0 Å². The van der Waals surface area contributed by atoms with Crippen molar-refractivity contribution < 1.29 is 13.2 Å². The van der Waals surface area contributed by atoms with Gasteiger partial charge in [-0.25, -0.2) is 8.42 Å². The quantitative estimate of drug-likeness (QED) is 0.572. The molecule has 1 aromatic heterocycles. The van der Waals surface area contributed by atoms with Crippen LogP contribution in [0.25, 0.3) is 5.69 Å². The molecule has 2 heterocycles. The van der Waals surface area contributed by atoms with Crippen molar-refractivity contribution in [2.45, 2.75) is 18.5 Å². The number of carbonyl (C=O) groups excluding carboxylic acids is 1. The molecule has 1 aliphatic rings. The fraction of sp³-hybridized carbons (Fsp3) is 0.526. The number of amides is 1. The number of para-hydroxylation sites is 1. The molecule has 0 atom stereocenters. The van der Waals surface area contributed by atoms with Crippen LogP contribution in [-0.4, -0.2) is 89.4 Å². The Kier molecular flexibility index (Phi) is 7.31. The third-order valence-electron chi connectivity index (χ3n) is 4.98. The predicted octanol–water partition coefficient (Wildman–Crippen LogP) is 1.11. The molecule has 2 aromatic rings. The van der Waals surface area contributed by atoms with Crippen molar-refractivity contribution in [1.82, 2.24) is 24.6 Å². The highest BCUT2D eigenvalue weighted by Crippen LogP contribution is 2.23. The van der Waals surface area contributed by atoms with Crippen LogP contribution >= 0.6 is 11.8 Å². The highest BCUT2D eigenvalue weighted by Gasteiger charge is 2.22. The highest BCUT2D eigenvalue weighted by molar-refractivity contribution is 7.99. The summed E-state index contributed by atoms with van der Waals surface area (Å²) in [5.74, 6) is 0.526. The molecule has 0 N–H and O–H groups in total. The summed E-state index contributed by atoms with van der Waals surface area (Å²) in [6.45, 7) is 5.27. The lowest BCUT2D eigenvalue weighted by Crippen LogP contribution is -2.50. The molecule has 10 heteroatoms. The predicted molar refractivity (Wildman–Crippen MR) is 114 cm³/mol. The van der Waals surface area contributed by atoms with E-state index in [1.807, 2.05) is 27.7 Å². The molecule has 0 spiro atoms. The molecule has 0 bridgehead atoms. The van der Waals surface area contributed by atoms with Crippen molar-refractivity contribution in [2.75, 3.05) is 50.5 Å². The number of sulfone groups is 1. The van der Waals surface area contributed by atoms with E-state index in [2.05, 4.69) is 28.1 Å². The van der Waals surface area contributed by atoms with E-state index in [0.717, 1.165) is 12.1 Å². The second-order valence-electron chi connectivity index (χ2n) is 7.11. The molecule has 1 amide bonds. The Bertz CT molecular complexity index is 937. The maximum Gasteiger partial charge on any atom is 0.233 e. The van der Waals surface area contributed by atoms with Crippen LogP contribution in [-0.2, 0) is 21.1 Å². The van der Waals surface area contributed by atoms with Crippen molar-refractivity contribution in [3.05, 3.63) is 36.2 Å². The molecular formula is C19H27N5O3S2. The average Bonchev–Trinajstić information content (AvgIpc) is 3.18. The van der Waals surface area contributed by atoms with Gasteiger partial charge >= 0.3 is 0 Å². The Hall–Kier alpha value is -1.91. The van der Waals surface area contributed by atoms with Crippen LogP contribution in [0.1, 0.15) is 12.5 Å². The van der Waals surface area contributed by atoms with E-state index in [9.17, 15) is 13.2 Å². The van der Waals surface area contributed by atoms with Crippen LogP contribution in [0.15, 0.2) is 35.7 Å². The molecule has 29 heavy (non-hydrogen) atoms. The molecule has 1 aliphatic heterocycles. The zero-order chi connectivity index (χ0) is 20.9. The third-order valence-corrected chi connectivity index (χ3v) is 6.83. The molecule has 0 unspecified atom stereocenters. The smallest absolute Gasteiger partial charge is 0.233 e. The fourth-order valence-electron chi connectivity index (χ4n) is 3.27. The standard InChI is InChI=1S/C19H27N5O3S2/c1-3-16-6-4-5-7-17(16)24-15-20-21-19(24)28-14-18(25)23-10-8-22(9-11-23)12-13-29(2,26)27/h4-7,15H,3,8-14H2,1-2H3. The summed E-state index contributed by atoms with van der Waals surface area (Å²) < 4.78 is 24.5. The molecule has 1 fully saturated rings. The van der Waals surface area contributed by atoms with Gasteiger partial charge in [-0.15, -0.1) is 10.2 Å². The number of aromatic nitrogens is 3. The summed E-state index contributed by atoms with van der Waals surface area (Å²) in [6, 6.07) is 8.11. The van der Waals surface area contributed by atoms with E-state index in [1.54, 1.807) is 6.33 Å². The van der Waals surface area contributed by atoms with E-state index in [1.165, 1.54) is 23.6 Å². The van der Waals surface area contributed by atoms with Gasteiger partial charge in [0.15, 0.2) is 5.16 Å². The number of carbonyl (C=O) groups is 1. The summed E-state index contributed by atoms with van der Waals surface area (Å²) in [7, 11) is -2.96. The lowest BCUT2D eigenvalue weighted by molar-refractivity contribution is -0.130. The van der Waals surface area contributed by atoms with Gasteiger partial charge in [0.05, 0.1) is 17.2 Å². The number of thioether (sulfide) groups is 1. The minimum atomic E-state index is -2.96. The number of hydrogen-bond donors (Lipinski definition) is 0. The van der Waals surface area contributed by atoms with E-state index in [4.69, 9.17) is 0 Å². The molecule has 158 valence electrons. The van der Waals surface area contributed by atoms with Crippen molar-refractivity contribution in [2.24, 2.45) is 0 Å². The first kappa shape index (κ1) is 21.8. The number of hydrogen-bond acceptors (Lipinski definition) is 7. The molecule has 1 aromatic carbocycles. The van der Waals surface area contributed by atoms with Crippen LogP contribution < -0.4 is 0 Å². The number of piperazine rings is 1. The normalized spacial score (nSPS) is 15.6. The maximum absolute atomic E-state index is 12.6. The first-order chi connectivity index (χ1) is 13.9. The van der Waals surface area contributed by atoms with Crippen molar-refractivity contribution in [3.8, 4) is 5.69 Å². The van der Waals surface area contributed by atoms with Crippen molar-refractivity contribution in [1.29, 1.82) is 0 Å². The fourth-order valence-corrected chi connectivity index (χ4v) is 4.68. The van der Waals surface area contributed by atoms with E-state index >= 15 is 0 Å². The molecule has 0 radical (unpaired) electrons. The number of benzene rings is 1. The molecule has 3 rings (SSSR count). The van der Waals surface area contributed by atoms with Gasteiger partial charge in [0.2, 0.25) is 5.91 Å². The SMILES string of the molecule is CCc1ccccc1-n1cnnc1SCC(=O)N1CCN(CCS(C)(=O)=O)CC1. The monoisotopic (exact) mass is 437 g/mol. The van der Waals surface area contributed by atoms with Gasteiger partial charge in [0.25, 0.3) is 0 Å². The van der Waals surface area contributed by atoms with E-state index < -0.39 is 9.84 Å². The molecular weight excluding hydrogens is 410 g/mol. The maximum atomic E-state index is 12.6. The second kappa shape index (κ2) is 9.73.